The first kappa shape index (κ1) is 36.1. The second-order valence-electron chi connectivity index (χ2n) is 12.9. The number of carbonyl (C=O) groups excluding carboxylic acids is 1. The van der Waals surface area contributed by atoms with Crippen LogP contribution in [-0.2, 0) is 14.0 Å². The zero-order chi connectivity index (χ0) is 36.0. The quantitative estimate of drug-likeness (QED) is 0.102. The molecule has 0 aliphatic heterocycles. The van der Waals surface area contributed by atoms with E-state index in [1.807, 2.05) is 61.5 Å². The van der Waals surface area contributed by atoms with Gasteiger partial charge in [-0.2, -0.15) is 5.10 Å². The number of nitrogens with zero attached hydrogens (tertiary/aromatic N) is 5. The lowest BCUT2D eigenvalue weighted by Gasteiger charge is -2.43. The van der Waals surface area contributed by atoms with E-state index in [0.717, 1.165) is 11.3 Å². The van der Waals surface area contributed by atoms with Gasteiger partial charge in [-0.25, -0.2) is 19.6 Å². The fourth-order valence-corrected chi connectivity index (χ4v) is 10.9. The Morgan fingerprint density at radius 3 is 2.22 bits per heavy atom. The Balaban J connectivity index is 1.23. The van der Waals surface area contributed by atoms with Gasteiger partial charge in [-0.3, -0.25) is 4.79 Å². The van der Waals surface area contributed by atoms with Gasteiger partial charge in [-0.05, 0) is 52.2 Å². The number of fused-ring (bicyclic) bond motifs is 1. The summed E-state index contributed by atoms with van der Waals surface area (Å²) in [5, 5.41) is 11.0. The summed E-state index contributed by atoms with van der Waals surface area (Å²) in [6, 6.07) is 29.6. The largest absolute Gasteiger partial charge is 0.461 e. The maximum atomic E-state index is 13.7. The van der Waals surface area contributed by atoms with E-state index >= 15 is 0 Å². The molecule has 3 heterocycles. The lowest BCUT2D eigenvalue weighted by atomic mass is 10.2. The predicted molar refractivity (Wildman–Crippen MR) is 203 cm³/mol. The van der Waals surface area contributed by atoms with E-state index < -0.39 is 20.3 Å². The van der Waals surface area contributed by atoms with Crippen molar-refractivity contribution in [2.75, 3.05) is 25.1 Å². The number of anilines is 1. The third kappa shape index (κ3) is 7.83. The lowest BCUT2D eigenvalue weighted by Crippen LogP contribution is -2.66. The third-order valence-electron chi connectivity index (χ3n) is 8.55. The average Bonchev–Trinajstić information content (AvgIpc) is 3.56. The SMILES string of the molecule is Cc1c(Cl)cccc1-n1ncc2c(OC(COCCO[Si](c3ccccc3)(c3ccccc3)C(C)(C)C)C(=O)Nc3ccc(Cl)cn3)ncnc21. The monoisotopic (exact) mass is 740 g/mol. The van der Waals surface area contributed by atoms with E-state index in [4.69, 9.17) is 37.1 Å². The standard InChI is InChI=1S/C38H38Cl2N6O4Si/c1-26-31(40)16-11-17-32(26)46-35-30(23-44-46)37(43-25-42-35)50-33(36(47)45-34-19-18-27(39)22-41-34)24-48-20-21-49-51(38(2,3)4,28-12-7-5-8-13-28)29-14-9-6-10-15-29/h5-19,22-23,25,33H,20-21,24H2,1-4H3,(H,41,45,47). The van der Waals surface area contributed by atoms with Gasteiger partial charge in [0.05, 0.1) is 36.7 Å². The second-order valence-corrected chi connectivity index (χ2v) is 18.0. The van der Waals surface area contributed by atoms with E-state index in [-0.39, 0.29) is 24.1 Å². The van der Waals surface area contributed by atoms with Crippen LogP contribution in [0.3, 0.4) is 0 Å². The molecule has 6 rings (SSSR count). The Morgan fingerprint density at radius 2 is 1.57 bits per heavy atom. The summed E-state index contributed by atoms with van der Waals surface area (Å²) >= 11 is 12.4. The summed E-state index contributed by atoms with van der Waals surface area (Å²) in [5.74, 6) is -0.00465. The first-order valence-electron chi connectivity index (χ1n) is 16.4. The van der Waals surface area contributed by atoms with Gasteiger partial charge in [0.25, 0.3) is 14.2 Å². The summed E-state index contributed by atoms with van der Waals surface area (Å²) in [7, 11) is -2.77. The van der Waals surface area contributed by atoms with Crippen LogP contribution in [0.1, 0.15) is 26.3 Å². The van der Waals surface area contributed by atoms with Gasteiger partial charge in [0.15, 0.2) is 5.65 Å². The molecule has 1 amide bonds. The lowest BCUT2D eigenvalue weighted by molar-refractivity contribution is -0.125. The molecule has 0 aliphatic rings. The van der Waals surface area contributed by atoms with Crippen LogP contribution in [0.4, 0.5) is 5.82 Å². The van der Waals surface area contributed by atoms with Crippen molar-refractivity contribution >= 4 is 64.7 Å². The van der Waals surface area contributed by atoms with Crippen LogP contribution in [0.15, 0.2) is 110 Å². The Kier molecular flexibility index (Phi) is 11.1. The normalized spacial score (nSPS) is 12.5. The smallest absolute Gasteiger partial charge is 0.269 e. The van der Waals surface area contributed by atoms with Gasteiger partial charge >= 0.3 is 0 Å². The average molecular weight is 742 g/mol. The van der Waals surface area contributed by atoms with Crippen LogP contribution in [0.25, 0.3) is 16.7 Å². The molecule has 0 fully saturated rings. The van der Waals surface area contributed by atoms with E-state index in [1.165, 1.54) is 22.9 Å². The minimum absolute atomic E-state index is 0.101. The van der Waals surface area contributed by atoms with Crippen molar-refractivity contribution in [1.82, 2.24) is 24.7 Å². The van der Waals surface area contributed by atoms with Gasteiger partial charge in [0.2, 0.25) is 12.0 Å². The molecule has 1 unspecified atom stereocenters. The molecule has 6 aromatic rings. The van der Waals surface area contributed by atoms with Crippen molar-refractivity contribution in [3.8, 4) is 11.6 Å². The number of benzene rings is 3. The molecule has 262 valence electrons. The van der Waals surface area contributed by atoms with Crippen molar-refractivity contribution in [1.29, 1.82) is 0 Å². The Hall–Kier alpha value is -4.65. The van der Waals surface area contributed by atoms with Crippen LogP contribution in [-0.4, -0.2) is 64.9 Å². The van der Waals surface area contributed by atoms with Crippen LogP contribution >= 0.6 is 23.2 Å². The zero-order valence-corrected chi connectivity index (χ0v) is 31.2. The molecule has 13 heteroatoms. The molecule has 3 aromatic heterocycles. The summed E-state index contributed by atoms with van der Waals surface area (Å²) in [6.07, 6.45) is 3.29. The van der Waals surface area contributed by atoms with E-state index in [1.54, 1.807) is 23.0 Å². The Labute approximate surface area is 307 Å². The zero-order valence-electron chi connectivity index (χ0n) is 28.7. The Morgan fingerprint density at radius 1 is 0.863 bits per heavy atom. The highest BCUT2D eigenvalue weighted by Crippen LogP contribution is 2.36. The molecule has 3 aromatic carbocycles. The van der Waals surface area contributed by atoms with Crippen molar-refractivity contribution in [3.05, 3.63) is 125 Å². The maximum Gasteiger partial charge on any atom is 0.269 e. The highest BCUT2D eigenvalue weighted by molar-refractivity contribution is 6.99. The van der Waals surface area contributed by atoms with Crippen LogP contribution in [0.5, 0.6) is 5.88 Å². The number of hydrogen-bond acceptors (Lipinski definition) is 8. The number of halogens is 2. The molecule has 51 heavy (non-hydrogen) atoms. The number of ether oxygens (including phenoxy) is 2. The number of hydrogen-bond donors (Lipinski definition) is 1. The molecule has 0 aliphatic carbocycles. The van der Waals surface area contributed by atoms with E-state index in [0.29, 0.717) is 33.5 Å². The maximum absolute atomic E-state index is 13.7. The van der Waals surface area contributed by atoms with Crippen molar-refractivity contribution in [3.63, 3.8) is 0 Å². The molecule has 1 atom stereocenters. The molecule has 1 N–H and O–H groups in total. The summed E-state index contributed by atoms with van der Waals surface area (Å²) in [6.45, 7) is 8.97. The summed E-state index contributed by atoms with van der Waals surface area (Å²) < 4.78 is 21.0. The number of nitrogens with one attached hydrogen (secondary N) is 1. The van der Waals surface area contributed by atoms with Crippen molar-refractivity contribution in [2.45, 2.75) is 38.8 Å². The molecule has 0 bridgehead atoms. The van der Waals surface area contributed by atoms with Gasteiger partial charge in [-0.1, -0.05) is 111 Å². The molecular formula is C38H38Cl2N6O4Si. The number of rotatable bonds is 13. The van der Waals surface area contributed by atoms with Crippen LogP contribution < -0.4 is 20.4 Å². The molecule has 0 spiro atoms. The number of pyridine rings is 1. The first-order valence-corrected chi connectivity index (χ1v) is 19.1. The molecule has 0 saturated heterocycles. The summed E-state index contributed by atoms with van der Waals surface area (Å²) in [4.78, 5) is 26.7. The Bertz CT molecular complexity index is 2050. The number of carbonyl (C=O) groups is 1. The van der Waals surface area contributed by atoms with E-state index in [2.05, 4.69) is 70.4 Å². The fraction of sp³-hybridized carbons (Fsp3) is 0.237. The van der Waals surface area contributed by atoms with Gasteiger partial charge in [0.1, 0.15) is 17.5 Å². The van der Waals surface area contributed by atoms with Gasteiger partial charge in [-0.15, -0.1) is 0 Å². The fourth-order valence-electron chi connectivity index (χ4n) is 6.08. The molecule has 0 radical (unpaired) electrons. The minimum Gasteiger partial charge on any atom is -0.461 e. The number of amides is 1. The van der Waals surface area contributed by atoms with E-state index in [9.17, 15) is 4.79 Å². The van der Waals surface area contributed by atoms with Crippen molar-refractivity contribution in [2.24, 2.45) is 0 Å². The minimum atomic E-state index is -2.77. The first-order chi connectivity index (χ1) is 24.6. The molecular weight excluding hydrogens is 703 g/mol. The third-order valence-corrected chi connectivity index (χ3v) is 14.2. The number of aromatic nitrogens is 5. The van der Waals surface area contributed by atoms with Gasteiger partial charge < -0.3 is 19.2 Å². The van der Waals surface area contributed by atoms with Crippen LogP contribution in [0, 0.1) is 6.92 Å². The van der Waals surface area contributed by atoms with Crippen LogP contribution in [0.2, 0.25) is 15.1 Å². The second kappa shape index (κ2) is 15.7. The molecule has 10 nitrogen and oxygen atoms in total. The highest BCUT2D eigenvalue weighted by atomic mass is 35.5. The predicted octanol–water partition coefficient (Wildman–Crippen LogP) is 6.81. The van der Waals surface area contributed by atoms with Crippen molar-refractivity contribution < 1.29 is 18.7 Å². The summed E-state index contributed by atoms with van der Waals surface area (Å²) in [5.41, 5.74) is 2.09. The highest BCUT2D eigenvalue weighted by Gasteiger charge is 2.50. The molecule has 0 saturated carbocycles. The topological polar surface area (TPSA) is 113 Å². The van der Waals surface area contributed by atoms with Gasteiger partial charge in [0, 0.05) is 11.2 Å².